The van der Waals surface area contributed by atoms with Gasteiger partial charge in [0.05, 0.1) is 11.4 Å². The molecule has 10 aromatic rings. The Morgan fingerprint density at radius 2 is 1.02 bits per heavy atom. The summed E-state index contributed by atoms with van der Waals surface area (Å²) in [6.45, 7) is 0. The zero-order valence-electron chi connectivity index (χ0n) is 23.5. The highest BCUT2D eigenvalue weighted by Crippen LogP contribution is 2.49. The van der Waals surface area contributed by atoms with Gasteiger partial charge in [-0.25, -0.2) is 0 Å². The molecule has 7 aromatic carbocycles. The highest BCUT2D eigenvalue weighted by atomic mass is 32.1. The average Bonchev–Trinajstić information content (AvgIpc) is 3.76. The number of thiophene rings is 2. The number of nitrogens with zero attached hydrogens (tertiary/aromatic N) is 1. The van der Waals surface area contributed by atoms with Gasteiger partial charge in [0.2, 0.25) is 0 Å². The Bertz CT molecular complexity index is 2750. The molecule has 0 N–H and O–H groups in total. The van der Waals surface area contributed by atoms with Crippen LogP contribution in [0.1, 0.15) is 0 Å². The lowest BCUT2D eigenvalue weighted by Crippen LogP contribution is -2.10. The van der Waals surface area contributed by atoms with Crippen LogP contribution < -0.4 is 4.90 Å². The van der Waals surface area contributed by atoms with Gasteiger partial charge in [-0.05, 0) is 53.9 Å². The van der Waals surface area contributed by atoms with E-state index in [0.717, 1.165) is 44.4 Å². The van der Waals surface area contributed by atoms with Crippen LogP contribution in [0.5, 0.6) is 0 Å². The van der Waals surface area contributed by atoms with Gasteiger partial charge in [0.25, 0.3) is 0 Å². The molecule has 44 heavy (non-hydrogen) atoms. The van der Waals surface area contributed by atoms with E-state index < -0.39 is 0 Å². The number of hydrogen-bond donors (Lipinski definition) is 0. The van der Waals surface area contributed by atoms with Crippen LogP contribution in [0.15, 0.2) is 144 Å². The standard InChI is InChI=1S/C40H23NOS2/c1-2-10-26-24(9-1)19-21-30-29-13-7-15-33(40(29)42-39(26)30)41(25-20-22-28-27-11-3-5-16-34(27)44-37(28)23-25)32-14-8-18-36-38(32)31-12-4-6-17-35(31)43-36/h1-23H. The molecule has 10 rings (SSSR count). The van der Waals surface area contributed by atoms with Crippen LogP contribution in [-0.2, 0) is 0 Å². The zero-order valence-corrected chi connectivity index (χ0v) is 25.1. The van der Waals surface area contributed by atoms with Gasteiger partial charge in [-0.3, -0.25) is 0 Å². The number of anilines is 3. The molecule has 3 aromatic heterocycles. The van der Waals surface area contributed by atoms with Gasteiger partial charge >= 0.3 is 0 Å². The maximum atomic E-state index is 6.90. The number of hydrogen-bond acceptors (Lipinski definition) is 4. The molecule has 0 amide bonds. The molecular weight excluding hydrogens is 575 g/mol. The molecule has 0 radical (unpaired) electrons. The van der Waals surface area contributed by atoms with Crippen LogP contribution in [0, 0.1) is 0 Å². The number of para-hydroxylation sites is 1. The molecule has 206 valence electrons. The predicted molar refractivity (Wildman–Crippen MR) is 192 cm³/mol. The molecule has 0 saturated heterocycles. The maximum absolute atomic E-state index is 6.90. The molecule has 0 saturated carbocycles. The molecule has 0 aliphatic rings. The quantitative estimate of drug-likeness (QED) is 0.201. The average molecular weight is 598 g/mol. The summed E-state index contributed by atoms with van der Waals surface area (Å²) < 4.78 is 12.1. The van der Waals surface area contributed by atoms with Crippen LogP contribution in [-0.4, -0.2) is 0 Å². The summed E-state index contributed by atoms with van der Waals surface area (Å²) in [5, 5.41) is 9.73. The van der Waals surface area contributed by atoms with Crippen molar-refractivity contribution in [1.29, 1.82) is 0 Å². The van der Waals surface area contributed by atoms with Gasteiger partial charge < -0.3 is 9.32 Å². The minimum Gasteiger partial charge on any atom is -0.453 e. The Morgan fingerprint density at radius 1 is 0.409 bits per heavy atom. The predicted octanol–water partition coefficient (Wildman–Crippen LogP) is 12.9. The van der Waals surface area contributed by atoms with Crippen LogP contribution in [0.4, 0.5) is 17.1 Å². The van der Waals surface area contributed by atoms with E-state index in [1.807, 2.05) is 22.7 Å². The maximum Gasteiger partial charge on any atom is 0.159 e. The molecule has 4 heteroatoms. The summed E-state index contributed by atoms with van der Waals surface area (Å²) in [4.78, 5) is 2.41. The summed E-state index contributed by atoms with van der Waals surface area (Å²) in [5.74, 6) is 0. The van der Waals surface area contributed by atoms with Crippen LogP contribution in [0.3, 0.4) is 0 Å². The minimum absolute atomic E-state index is 0.895. The van der Waals surface area contributed by atoms with Crippen LogP contribution in [0.25, 0.3) is 73.1 Å². The number of benzene rings is 7. The van der Waals surface area contributed by atoms with Gasteiger partial charge in [0.15, 0.2) is 5.58 Å². The van der Waals surface area contributed by atoms with Crippen molar-refractivity contribution in [3.63, 3.8) is 0 Å². The van der Waals surface area contributed by atoms with Gasteiger partial charge in [0.1, 0.15) is 5.58 Å². The number of furan rings is 1. The number of rotatable bonds is 3. The Hall–Kier alpha value is -5.16. The molecule has 0 aliphatic heterocycles. The summed E-state index contributed by atoms with van der Waals surface area (Å²) in [6.07, 6.45) is 0. The van der Waals surface area contributed by atoms with E-state index >= 15 is 0 Å². The second-order valence-corrected chi connectivity index (χ2v) is 13.4. The normalized spacial score (nSPS) is 12.1. The van der Waals surface area contributed by atoms with Crippen LogP contribution >= 0.6 is 22.7 Å². The van der Waals surface area contributed by atoms with Crippen LogP contribution in [0.2, 0.25) is 0 Å². The topological polar surface area (TPSA) is 16.4 Å². The molecule has 0 fully saturated rings. The van der Waals surface area contributed by atoms with E-state index in [-0.39, 0.29) is 0 Å². The summed E-state index contributed by atoms with van der Waals surface area (Å²) in [6, 6.07) is 50.5. The lowest BCUT2D eigenvalue weighted by molar-refractivity contribution is 0.673. The second-order valence-electron chi connectivity index (χ2n) is 11.3. The van der Waals surface area contributed by atoms with E-state index in [1.165, 1.54) is 45.7 Å². The van der Waals surface area contributed by atoms with Gasteiger partial charge in [-0.2, -0.15) is 0 Å². The smallest absolute Gasteiger partial charge is 0.159 e. The SMILES string of the molecule is c1ccc2c(c1)ccc1c3cccc(N(c4ccc5c(c4)sc4ccccc45)c4cccc5sc6ccccc6c45)c3oc21. The first-order valence-corrected chi connectivity index (χ1v) is 16.4. The Balaban J connectivity index is 1.32. The Morgan fingerprint density at radius 3 is 1.93 bits per heavy atom. The van der Waals surface area contributed by atoms with Crippen molar-refractivity contribution in [2.24, 2.45) is 0 Å². The Labute approximate surface area is 260 Å². The zero-order chi connectivity index (χ0) is 28.8. The fourth-order valence-corrected chi connectivity index (χ4v) is 9.16. The van der Waals surface area contributed by atoms with Gasteiger partial charge in [-0.15, -0.1) is 22.7 Å². The van der Waals surface area contributed by atoms with E-state index in [9.17, 15) is 0 Å². The van der Waals surface area contributed by atoms with Crippen molar-refractivity contribution >= 4 is 113 Å². The third kappa shape index (κ3) is 3.41. The van der Waals surface area contributed by atoms with E-state index in [0.29, 0.717) is 0 Å². The molecule has 0 bridgehead atoms. The molecule has 0 aliphatic carbocycles. The largest absolute Gasteiger partial charge is 0.453 e. The summed E-state index contributed by atoms with van der Waals surface area (Å²) in [7, 11) is 0. The first kappa shape index (κ1) is 24.3. The molecule has 0 unspecified atom stereocenters. The minimum atomic E-state index is 0.895. The van der Waals surface area contributed by atoms with Gasteiger partial charge in [0, 0.05) is 62.2 Å². The second kappa shape index (κ2) is 9.17. The van der Waals surface area contributed by atoms with Crippen molar-refractivity contribution < 1.29 is 4.42 Å². The molecule has 0 spiro atoms. The van der Waals surface area contributed by atoms with Crippen molar-refractivity contribution in [2.75, 3.05) is 4.90 Å². The summed E-state index contributed by atoms with van der Waals surface area (Å²) >= 11 is 3.70. The van der Waals surface area contributed by atoms with Crippen molar-refractivity contribution in [2.45, 2.75) is 0 Å². The molecular formula is C40H23NOS2. The lowest BCUT2D eigenvalue weighted by Gasteiger charge is -2.26. The fourth-order valence-electron chi connectivity index (χ4n) is 6.89. The highest BCUT2D eigenvalue weighted by molar-refractivity contribution is 7.26. The monoisotopic (exact) mass is 597 g/mol. The third-order valence-electron chi connectivity index (χ3n) is 8.85. The highest BCUT2D eigenvalue weighted by Gasteiger charge is 2.23. The molecule has 0 atom stereocenters. The summed E-state index contributed by atoms with van der Waals surface area (Å²) in [5.41, 5.74) is 5.13. The Kier molecular flexibility index (Phi) is 5.06. The van der Waals surface area contributed by atoms with E-state index in [2.05, 4.69) is 144 Å². The third-order valence-corrected chi connectivity index (χ3v) is 11.1. The lowest BCUT2D eigenvalue weighted by atomic mass is 10.0. The van der Waals surface area contributed by atoms with Gasteiger partial charge in [-0.1, -0.05) is 91.0 Å². The first-order chi connectivity index (χ1) is 21.8. The molecule has 2 nitrogen and oxygen atoms in total. The van der Waals surface area contributed by atoms with Crippen molar-refractivity contribution in [3.05, 3.63) is 140 Å². The van der Waals surface area contributed by atoms with Crippen molar-refractivity contribution in [3.8, 4) is 0 Å². The first-order valence-electron chi connectivity index (χ1n) is 14.8. The van der Waals surface area contributed by atoms with E-state index in [1.54, 1.807) is 0 Å². The van der Waals surface area contributed by atoms with Crippen molar-refractivity contribution in [1.82, 2.24) is 0 Å². The number of fused-ring (bicyclic) bond motifs is 11. The fraction of sp³-hybridized carbons (Fsp3) is 0. The molecule has 3 heterocycles. The van der Waals surface area contributed by atoms with E-state index in [4.69, 9.17) is 4.42 Å².